The predicted molar refractivity (Wildman–Crippen MR) is 119 cm³/mol. The zero-order valence-electron chi connectivity index (χ0n) is 19.3. The molecule has 0 aliphatic heterocycles. The predicted octanol–water partition coefficient (Wildman–Crippen LogP) is 6.49. The van der Waals surface area contributed by atoms with Crippen molar-refractivity contribution in [2.45, 2.75) is 98.5 Å². The summed E-state index contributed by atoms with van der Waals surface area (Å²) in [6.45, 7) is 11.5. The van der Waals surface area contributed by atoms with E-state index in [0.29, 0.717) is 34.9 Å². The fourth-order valence-electron chi connectivity index (χ4n) is 8.46. The molecule has 0 aromatic carbocycles. The van der Waals surface area contributed by atoms with Gasteiger partial charge in [-0.3, -0.25) is 4.79 Å². The number of carbonyl (C=O) groups excluding carboxylic acids is 1. The second kappa shape index (κ2) is 7.66. The summed E-state index contributed by atoms with van der Waals surface area (Å²) in [5.41, 5.74) is 3.42. The first-order valence-electron chi connectivity index (χ1n) is 12.2. The van der Waals surface area contributed by atoms with Crippen molar-refractivity contribution in [2.24, 2.45) is 40.4 Å². The van der Waals surface area contributed by atoms with E-state index in [1.165, 1.54) is 38.5 Å². The molecule has 0 bridgehead atoms. The Balaban J connectivity index is 1.53. The van der Waals surface area contributed by atoms with Crippen LogP contribution >= 0.6 is 0 Å². The Bertz CT molecular complexity index is 714. The van der Waals surface area contributed by atoms with Crippen molar-refractivity contribution in [3.05, 3.63) is 23.3 Å². The van der Waals surface area contributed by atoms with Crippen LogP contribution < -0.4 is 0 Å². The monoisotopic (exact) mass is 398 g/mol. The summed E-state index contributed by atoms with van der Waals surface area (Å²) in [6, 6.07) is 0. The summed E-state index contributed by atoms with van der Waals surface area (Å²) < 4.78 is 0. The highest BCUT2D eigenvalue weighted by molar-refractivity contribution is 5.90. The van der Waals surface area contributed by atoms with Crippen LogP contribution in [0.1, 0.15) is 92.4 Å². The van der Waals surface area contributed by atoms with E-state index in [-0.39, 0.29) is 6.10 Å². The van der Waals surface area contributed by atoms with Gasteiger partial charge in [-0.05, 0) is 112 Å². The Morgan fingerprint density at radius 3 is 2.66 bits per heavy atom. The van der Waals surface area contributed by atoms with Crippen molar-refractivity contribution in [2.75, 3.05) is 0 Å². The first kappa shape index (κ1) is 21.3. The Morgan fingerprint density at radius 2 is 1.93 bits per heavy atom. The van der Waals surface area contributed by atoms with Gasteiger partial charge in [0.1, 0.15) is 0 Å². The number of aliphatic hydroxyl groups is 1. The number of hydrogen-bond donors (Lipinski definition) is 1. The summed E-state index contributed by atoms with van der Waals surface area (Å²) in [7, 11) is 0. The summed E-state index contributed by atoms with van der Waals surface area (Å²) in [6.07, 6.45) is 14.6. The van der Waals surface area contributed by atoms with Crippen LogP contribution in [0.2, 0.25) is 0 Å². The molecule has 0 saturated heterocycles. The van der Waals surface area contributed by atoms with E-state index >= 15 is 0 Å². The Morgan fingerprint density at radius 1 is 1.17 bits per heavy atom. The Hall–Kier alpha value is -0.890. The molecule has 0 heterocycles. The third-order valence-electron chi connectivity index (χ3n) is 9.81. The highest BCUT2D eigenvalue weighted by Crippen LogP contribution is 2.67. The molecule has 162 valence electrons. The molecule has 0 radical (unpaired) electrons. The lowest BCUT2D eigenvalue weighted by Gasteiger charge is -2.58. The lowest BCUT2D eigenvalue weighted by molar-refractivity contribution is -0.116. The summed E-state index contributed by atoms with van der Waals surface area (Å²) in [5, 5.41) is 10.2. The molecule has 4 aliphatic rings. The van der Waals surface area contributed by atoms with Crippen LogP contribution in [0.15, 0.2) is 23.3 Å². The number of carbonyl (C=O) groups is 1. The Labute approximate surface area is 178 Å². The largest absolute Gasteiger partial charge is 0.393 e. The number of allylic oxidation sites excluding steroid dienone is 3. The standard InChI is InChI=1S/C27H42O2/c1-17(2)14-21(29)15-18(3)23-8-9-24-22-7-6-19-16-20(28)10-12-26(19,4)25(22)11-13-27(23,24)5/h6,14,18,20,22-25,28H,7-13,15-16H2,1-5H3/t18-,20-,22?,23-,24?,25?,26+,27-/m1/s1. The number of hydrogen-bond acceptors (Lipinski definition) is 2. The van der Waals surface area contributed by atoms with E-state index in [9.17, 15) is 9.90 Å². The highest BCUT2D eigenvalue weighted by atomic mass is 16.3. The van der Waals surface area contributed by atoms with Crippen LogP contribution in [0.3, 0.4) is 0 Å². The first-order valence-corrected chi connectivity index (χ1v) is 12.2. The van der Waals surface area contributed by atoms with Gasteiger partial charge in [-0.2, -0.15) is 0 Å². The molecule has 0 spiro atoms. The molecule has 3 unspecified atom stereocenters. The summed E-state index contributed by atoms with van der Waals surface area (Å²) >= 11 is 0. The van der Waals surface area contributed by atoms with E-state index in [4.69, 9.17) is 0 Å². The minimum absolute atomic E-state index is 0.116. The van der Waals surface area contributed by atoms with E-state index in [0.717, 1.165) is 36.2 Å². The van der Waals surface area contributed by atoms with Gasteiger partial charge in [-0.15, -0.1) is 0 Å². The van der Waals surface area contributed by atoms with Crippen LogP contribution in [0.4, 0.5) is 0 Å². The molecule has 2 nitrogen and oxygen atoms in total. The van der Waals surface area contributed by atoms with Gasteiger partial charge in [0.2, 0.25) is 0 Å². The molecule has 0 aromatic rings. The van der Waals surface area contributed by atoms with Crippen LogP contribution in [0.25, 0.3) is 0 Å². The minimum Gasteiger partial charge on any atom is -0.393 e. The number of aliphatic hydroxyl groups excluding tert-OH is 1. The van der Waals surface area contributed by atoms with Crippen LogP contribution in [0.5, 0.6) is 0 Å². The SMILES string of the molecule is CC(C)=CC(=O)C[C@@H](C)[C@H]1CCC2C3CC=C4C[C@H](O)CC[C@]4(C)C3CC[C@@]21C. The van der Waals surface area contributed by atoms with Gasteiger partial charge in [0.25, 0.3) is 0 Å². The van der Waals surface area contributed by atoms with E-state index in [1.807, 2.05) is 19.9 Å². The van der Waals surface area contributed by atoms with Crippen molar-refractivity contribution in [3.63, 3.8) is 0 Å². The third kappa shape index (κ3) is 3.58. The van der Waals surface area contributed by atoms with Gasteiger partial charge in [-0.1, -0.05) is 38.0 Å². The maximum absolute atomic E-state index is 12.4. The van der Waals surface area contributed by atoms with Gasteiger partial charge < -0.3 is 5.11 Å². The normalized spacial score (nSPS) is 44.8. The summed E-state index contributed by atoms with van der Waals surface area (Å²) in [5.74, 6) is 3.91. The minimum atomic E-state index is -0.116. The van der Waals surface area contributed by atoms with Gasteiger partial charge in [0, 0.05) is 6.42 Å². The second-order valence-corrected chi connectivity index (χ2v) is 11.8. The van der Waals surface area contributed by atoms with Gasteiger partial charge in [0.05, 0.1) is 6.10 Å². The molecule has 4 aliphatic carbocycles. The van der Waals surface area contributed by atoms with Crippen molar-refractivity contribution in [3.8, 4) is 0 Å². The Kier molecular flexibility index (Phi) is 5.64. The lowest BCUT2D eigenvalue weighted by Crippen LogP contribution is -2.50. The molecule has 3 saturated carbocycles. The average Bonchev–Trinajstić information content (AvgIpc) is 2.99. The van der Waals surface area contributed by atoms with E-state index in [1.54, 1.807) is 5.57 Å². The van der Waals surface area contributed by atoms with Crippen LogP contribution in [-0.4, -0.2) is 17.0 Å². The fourth-order valence-corrected chi connectivity index (χ4v) is 8.46. The fraction of sp³-hybridized carbons (Fsp3) is 0.815. The maximum Gasteiger partial charge on any atom is 0.155 e. The number of ketones is 1. The molecule has 0 aromatic heterocycles. The van der Waals surface area contributed by atoms with Crippen molar-refractivity contribution in [1.82, 2.24) is 0 Å². The quantitative estimate of drug-likeness (QED) is 0.434. The number of rotatable bonds is 4. The van der Waals surface area contributed by atoms with Crippen molar-refractivity contribution < 1.29 is 9.90 Å². The van der Waals surface area contributed by atoms with Gasteiger partial charge in [-0.25, -0.2) is 0 Å². The zero-order valence-corrected chi connectivity index (χ0v) is 19.3. The van der Waals surface area contributed by atoms with E-state index in [2.05, 4.69) is 26.8 Å². The first-order chi connectivity index (χ1) is 13.6. The zero-order chi connectivity index (χ0) is 21.0. The van der Waals surface area contributed by atoms with Crippen LogP contribution in [-0.2, 0) is 4.79 Å². The van der Waals surface area contributed by atoms with Crippen molar-refractivity contribution in [1.29, 1.82) is 0 Å². The highest BCUT2D eigenvalue weighted by Gasteiger charge is 2.59. The third-order valence-corrected chi connectivity index (χ3v) is 9.81. The number of fused-ring (bicyclic) bond motifs is 5. The topological polar surface area (TPSA) is 37.3 Å². The lowest BCUT2D eigenvalue weighted by atomic mass is 9.47. The summed E-state index contributed by atoms with van der Waals surface area (Å²) in [4.78, 5) is 12.4. The van der Waals surface area contributed by atoms with Gasteiger partial charge in [0.15, 0.2) is 5.78 Å². The molecule has 8 atom stereocenters. The average molecular weight is 399 g/mol. The molecule has 0 amide bonds. The molecule has 1 N–H and O–H groups in total. The maximum atomic E-state index is 12.4. The molecule has 2 heteroatoms. The van der Waals surface area contributed by atoms with E-state index < -0.39 is 0 Å². The molecule has 29 heavy (non-hydrogen) atoms. The second-order valence-electron chi connectivity index (χ2n) is 11.8. The molecular formula is C27H42O2. The smallest absolute Gasteiger partial charge is 0.155 e. The van der Waals surface area contributed by atoms with Gasteiger partial charge >= 0.3 is 0 Å². The molecular weight excluding hydrogens is 356 g/mol. The van der Waals surface area contributed by atoms with Crippen LogP contribution in [0, 0.1) is 40.4 Å². The van der Waals surface area contributed by atoms with Crippen molar-refractivity contribution >= 4 is 5.78 Å². The molecule has 3 fully saturated rings. The molecule has 4 rings (SSSR count).